The molecular formula is C21H26N6O. The quantitative estimate of drug-likeness (QED) is 0.729. The Morgan fingerprint density at radius 2 is 2.07 bits per heavy atom. The number of pyridine rings is 1. The lowest BCUT2D eigenvalue weighted by Crippen LogP contribution is -2.32. The number of hydrogen-bond acceptors (Lipinski definition) is 5. The number of fused-ring (bicyclic) bond motifs is 1. The maximum Gasteiger partial charge on any atom is 0.256 e. The number of H-pyrrole nitrogens is 1. The van der Waals surface area contributed by atoms with Crippen molar-refractivity contribution >= 4 is 28.3 Å². The molecule has 146 valence electrons. The van der Waals surface area contributed by atoms with Crippen LogP contribution in [0.1, 0.15) is 29.6 Å². The van der Waals surface area contributed by atoms with Gasteiger partial charge in [-0.2, -0.15) is 5.10 Å². The Labute approximate surface area is 164 Å². The zero-order valence-electron chi connectivity index (χ0n) is 16.4. The number of anilines is 2. The molecule has 0 unspecified atom stereocenters. The summed E-state index contributed by atoms with van der Waals surface area (Å²) >= 11 is 0. The number of nitrogens with one attached hydrogen (secondary N) is 2. The molecule has 1 aliphatic heterocycles. The first-order valence-electron chi connectivity index (χ1n) is 9.73. The summed E-state index contributed by atoms with van der Waals surface area (Å²) < 4.78 is 0. The Balaban J connectivity index is 1.41. The van der Waals surface area contributed by atoms with E-state index in [0.29, 0.717) is 11.6 Å². The fourth-order valence-corrected chi connectivity index (χ4v) is 3.73. The van der Waals surface area contributed by atoms with E-state index in [2.05, 4.69) is 26.6 Å². The standard InChI is InChI=1S/C21H26N6O/c1-26(2)19-9-8-17(14-22-19)24-16-6-4-11-27(12-10-16)21(28)18-7-3-5-15-13-23-25-20(15)18/h3,5,7-9,13-14,16,24H,4,6,10-12H2,1-2H3,(H,23,25)/t16-/m0/s1. The predicted molar refractivity (Wildman–Crippen MR) is 112 cm³/mol. The van der Waals surface area contributed by atoms with Gasteiger partial charge in [0, 0.05) is 38.6 Å². The number of aromatic amines is 1. The summed E-state index contributed by atoms with van der Waals surface area (Å²) in [5.41, 5.74) is 2.54. The van der Waals surface area contributed by atoms with Crippen molar-refractivity contribution in [2.45, 2.75) is 25.3 Å². The van der Waals surface area contributed by atoms with Gasteiger partial charge < -0.3 is 15.1 Å². The summed E-state index contributed by atoms with van der Waals surface area (Å²) in [6.07, 6.45) is 6.56. The molecule has 2 N–H and O–H groups in total. The van der Waals surface area contributed by atoms with E-state index >= 15 is 0 Å². The number of carbonyl (C=O) groups is 1. The number of nitrogens with zero attached hydrogens (tertiary/aromatic N) is 4. The topological polar surface area (TPSA) is 77.1 Å². The molecule has 7 heteroatoms. The molecule has 3 heterocycles. The molecular weight excluding hydrogens is 352 g/mol. The maximum absolute atomic E-state index is 13.1. The lowest BCUT2D eigenvalue weighted by molar-refractivity contribution is 0.0763. The molecule has 4 rings (SSSR count). The monoisotopic (exact) mass is 378 g/mol. The molecule has 0 bridgehead atoms. The molecule has 28 heavy (non-hydrogen) atoms. The first-order valence-corrected chi connectivity index (χ1v) is 9.73. The van der Waals surface area contributed by atoms with Crippen LogP contribution >= 0.6 is 0 Å². The Bertz CT molecular complexity index is 949. The maximum atomic E-state index is 13.1. The molecule has 0 saturated carbocycles. The number of amides is 1. The SMILES string of the molecule is CN(C)c1ccc(N[C@H]2CCCN(C(=O)c3cccc4cn[nH]c34)CC2)cn1. The number of rotatable bonds is 4. The highest BCUT2D eigenvalue weighted by atomic mass is 16.2. The summed E-state index contributed by atoms with van der Waals surface area (Å²) in [5.74, 6) is 1.02. The van der Waals surface area contributed by atoms with E-state index in [-0.39, 0.29) is 5.91 Å². The van der Waals surface area contributed by atoms with E-state index in [4.69, 9.17) is 0 Å². The molecule has 0 aliphatic carbocycles. The van der Waals surface area contributed by atoms with Gasteiger partial charge in [-0.15, -0.1) is 0 Å². The van der Waals surface area contributed by atoms with Gasteiger partial charge in [0.1, 0.15) is 5.82 Å². The number of para-hydroxylation sites is 1. The van der Waals surface area contributed by atoms with Crippen molar-refractivity contribution in [2.24, 2.45) is 0 Å². The minimum atomic E-state index is 0.0764. The van der Waals surface area contributed by atoms with E-state index in [1.807, 2.05) is 54.4 Å². The van der Waals surface area contributed by atoms with Gasteiger partial charge >= 0.3 is 0 Å². The highest BCUT2D eigenvalue weighted by Crippen LogP contribution is 2.22. The largest absolute Gasteiger partial charge is 0.381 e. The van der Waals surface area contributed by atoms with Crippen molar-refractivity contribution in [1.29, 1.82) is 0 Å². The third-order valence-corrected chi connectivity index (χ3v) is 5.30. The van der Waals surface area contributed by atoms with Crippen LogP contribution in [-0.4, -0.2) is 59.2 Å². The van der Waals surface area contributed by atoms with Gasteiger partial charge in [-0.1, -0.05) is 12.1 Å². The van der Waals surface area contributed by atoms with Gasteiger partial charge in [0.05, 0.1) is 29.2 Å². The van der Waals surface area contributed by atoms with Crippen LogP contribution in [0.5, 0.6) is 0 Å². The van der Waals surface area contributed by atoms with E-state index in [1.54, 1.807) is 6.20 Å². The van der Waals surface area contributed by atoms with Crippen LogP contribution in [0.25, 0.3) is 10.9 Å². The number of benzene rings is 1. The predicted octanol–water partition coefficient (Wildman–Crippen LogP) is 3.13. The number of hydrogen-bond donors (Lipinski definition) is 2. The highest BCUT2D eigenvalue weighted by molar-refractivity contribution is 6.05. The van der Waals surface area contributed by atoms with Crippen LogP contribution in [0.4, 0.5) is 11.5 Å². The second kappa shape index (κ2) is 7.88. The third kappa shape index (κ3) is 3.78. The molecule has 3 aromatic rings. The minimum absolute atomic E-state index is 0.0764. The summed E-state index contributed by atoms with van der Waals surface area (Å²) in [7, 11) is 3.96. The second-order valence-electron chi connectivity index (χ2n) is 7.50. The van der Waals surface area contributed by atoms with Crippen molar-refractivity contribution in [3.63, 3.8) is 0 Å². The van der Waals surface area contributed by atoms with Crippen molar-refractivity contribution < 1.29 is 4.79 Å². The van der Waals surface area contributed by atoms with Crippen molar-refractivity contribution in [3.8, 4) is 0 Å². The van der Waals surface area contributed by atoms with E-state index in [1.165, 1.54) is 0 Å². The van der Waals surface area contributed by atoms with Crippen LogP contribution in [0, 0.1) is 0 Å². The Morgan fingerprint density at radius 1 is 1.18 bits per heavy atom. The van der Waals surface area contributed by atoms with Gasteiger partial charge in [-0.25, -0.2) is 4.98 Å². The number of likely N-dealkylation sites (tertiary alicyclic amines) is 1. The highest BCUT2D eigenvalue weighted by Gasteiger charge is 2.23. The zero-order valence-corrected chi connectivity index (χ0v) is 16.4. The van der Waals surface area contributed by atoms with E-state index < -0.39 is 0 Å². The van der Waals surface area contributed by atoms with Gasteiger partial charge in [-0.05, 0) is 37.5 Å². The van der Waals surface area contributed by atoms with Crippen molar-refractivity contribution in [2.75, 3.05) is 37.4 Å². The molecule has 1 aliphatic rings. The van der Waals surface area contributed by atoms with Crippen LogP contribution in [0.2, 0.25) is 0 Å². The number of carbonyl (C=O) groups excluding carboxylic acids is 1. The summed E-state index contributed by atoms with van der Waals surface area (Å²) in [6, 6.07) is 10.2. The molecule has 1 saturated heterocycles. The number of aromatic nitrogens is 3. The molecule has 0 radical (unpaired) electrons. The first-order chi connectivity index (χ1) is 13.6. The second-order valence-corrected chi connectivity index (χ2v) is 7.50. The minimum Gasteiger partial charge on any atom is -0.381 e. The normalized spacial score (nSPS) is 17.4. The Hall–Kier alpha value is -3.09. The average Bonchev–Trinajstić information content (AvgIpc) is 3.07. The molecule has 1 atom stereocenters. The van der Waals surface area contributed by atoms with Crippen molar-refractivity contribution in [1.82, 2.24) is 20.1 Å². The van der Waals surface area contributed by atoms with Crippen LogP contribution < -0.4 is 10.2 Å². The first kappa shape index (κ1) is 18.3. The van der Waals surface area contributed by atoms with Crippen LogP contribution in [0.15, 0.2) is 42.7 Å². The fourth-order valence-electron chi connectivity index (χ4n) is 3.73. The van der Waals surface area contributed by atoms with Gasteiger partial charge in [0.2, 0.25) is 0 Å². The lowest BCUT2D eigenvalue weighted by atomic mass is 10.1. The molecule has 1 aromatic carbocycles. The fraction of sp³-hybridized carbons (Fsp3) is 0.381. The van der Waals surface area contributed by atoms with Gasteiger partial charge in [0.15, 0.2) is 0 Å². The van der Waals surface area contributed by atoms with Gasteiger partial charge in [-0.3, -0.25) is 9.89 Å². The smallest absolute Gasteiger partial charge is 0.256 e. The summed E-state index contributed by atoms with van der Waals surface area (Å²) in [5, 5.41) is 11.6. The lowest BCUT2D eigenvalue weighted by Gasteiger charge is -2.21. The van der Waals surface area contributed by atoms with E-state index in [0.717, 1.165) is 54.8 Å². The Morgan fingerprint density at radius 3 is 2.86 bits per heavy atom. The summed E-state index contributed by atoms with van der Waals surface area (Å²) in [4.78, 5) is 21.5. The average molecular weight is 378 g/mol. The summed E-state index contributed by atoms with van der Waals surface area (Å²) in [6.45, 7) is 1.52. The molecule has 7 nitrogen and oxygen atoms in total. The molecule has 2 aromatic heterocycles. The molecule has 1 amide bonds. The molecule has 1 fully saturated rings. The van der Waals surface area contributed by atoms with Crippen LogP contribution in [-0.2, 0) is 0 Å². The van der Waals surface area contributed by atoms with Crippen LogP contribution in [0.3, 0.4) is 0 Å². The zero-order chi connectivity index (χ0) is 19.5. The van der Waals surface area contributed by atoms with Gasteiger partial charge in [0.25, 0.3) is 5.91 Å². The van der Waals surface area contributed by atoms with E-state index in [9.17, 15) is 4.79 Å². The third-order valence-electron chi connectivity index (χ3n) is 5.30. The molecule has 0 spiro atoms. The van der Waals surface area contributed by atoms with Crippen molar-refractivity contribution in [3.05, 3.63) is 48.3 Å². The Kier molecular flexibility index (Phi) is 5.14.